The molecule has 0 bridgehead atoms. The van der Waals surface area contributed by atoms with Crippen LogP contribution in [0.15, 0.2) is 36.4 Å². The number of aromatic nitrogens is 1. The van der Waals surface area contributed by atoms with Crippen LogP contribution in [-0.2, 0) is 18.3 Å². The molecule has 0 radical (unpaired) electrons. The molecule has 0 aliphatic carbocycles. The average molecular weight is 301 g/mol. The first-order valence-electron chi connectivity index (χ1n) is 6.85. The molecule has 0 atom stereocenters. The van der Waals surface area contributed by atoms with Crippen molar-refractivity contribution in [3.8, 4) is 0 Å². The topological polar surface area (TPSA) is 72.4 Å². The number of hydrogen-bond donors (Lipinski definition) is 2. The number of nitrogens with one attached hydrogen (secondary N) is 2. The second-order valence-electron chi connectivity index (χ2n) is 4.92. The molecule has 2 N–H and O–H groups in total. The summed E-state index contributed by atoms with van der Waals surface area (Å²) in [5.74, 6) is -0.156. The lowest BCUT2D eigenvalue weighted by molar-refractivity contribution is 0.101. The molecule has 1 aromatic heterocycles. The van der Waals surface area contributed by atoms with Crippen LogP contribution in [0.4, 0.5) is 10.5 Å². The smallest absolute Gasteiger partial charge is 0.407 e. The number of rotatable bonds is 4. The number of amides is 2. The molecule has 0 saturated heterocycles. The predicted molar refractivity (Wildman–Crippen MR) is 83.8 cm³/mol. The predicted octanol–water partition coefficient (Wildman–Crippen LogP) is 2.44. The average Bonchev–Trinajstić information content (AvgIpc) is 2.86. The zero-order valence-electron chi connectivity index (χ0n) is 12.8. The lowest BCUT2D eigenvalue weighted by Gasteiger charge is -2.08. The zero-order chi connectivity index (χ0) is 16.1. The molecule has 2 rings (SSSR count). The van der Waals surface area contributed by atoms with E-state index in [-0.39, 0.29) is 5.91 Å². The summed E-state index contributed by atoms with van der Waals surface area (Å²) < 4.78 is 6.34. The Kier molecular flexibility index (Phi) is 4.83. The highest BCUT2D eigenvalue weighted by molar-refractivity contribution is 6.03. The van der Waals surface area contributed by atoms with E-state index in [0.29, 0.717) is 17.9 Å². The van der Waals surface area contributed by atoms with Gasteiger partial charge >= 0.3 is 6.09 Å². The fourth-order valence-corrected chi connectivity index (χ4v) is 1.99. The van der Waals surface area contributed by atoms with E-state index in [0.717, 1.165) is 11.3 Å². The molecule has 2 amide bonds. The summed E-state index contributed by atoms with van der Waals surface area (Å²) in [6.45, 7) is 2.32. The van der Waals surface area contributed by atoms with Gasteiger partial charge in [-0.1, -0.05) is 12.1 Å². The third-order valence-corrected chi connectivity index (χ3v) is 3.44. The molecule has 0 unspecified atom stereocenters. The van der Waals surface area contributed by atoms with Crippen LogP contribution in [0, 0.1) is 6.92 Å². The first kappa shape index (κ1) is 15.6. The van der Waals surface area contributed by atoms with Crippen LogP contribution in [0.5, 0.6) is 0 Å². The molecule has 6 heteroatoms. The van der Waals surface area contributed by atoms with Gasteiger partial charge in [0.1, 0.15) is 5.69 Å². The van der Waals surface area contributed by atoms with Crippen LogP contribution in [0.25, 0.3) is 0 Å². The van der Waals surface area contributed by atoms with E-state index in [1.165, 1.54) is 7.11 Å². The van der Waals surface area contributed by atoms with Gasteiger partial charge < -0.3 is 19.9 Å². The molecule has 116 valence electrons. The van der Waals surface area contributed by atoms with Crippen LogP contribution in [0.2, 0.25) is 0 Å². The maximum Gasteiger partial charge on any atom is 0.407 e. The van der Waals surface area contributed by atoms with Crippen LogP contribution in [0.1, 0.15) is 21.7 Å². The molecular formula is C16H19N3O3. The minimum Gasteiger partial charge on any atom is -0.453 e. The lowest BCUT2D eigenvalue weighted by atomic mass is 10.2. The summed E-state index contributed by atoms with van der Waals surface area (Å²) in [5, 5.41) is 5.44. The third kappa shape index (κ3) is 3.66. The Hall–Kier alpha value is -2.76. The quantitative estimate of drug-likeness (QED) is 0.911. The third-order valence-electron chi connectivity index (χ3n) is 3.44. The molecule has 0 aliphatic heterocycles. The lowest BCUT2D eigenvalue weighted by Crippen LogP contribution is -2.22. The van der Waals surface area contributed by atoms with Gasteiger partial charge in [-0.05, 0) is 36.8 Å². The second kappa shape index (κ2) is 6.80. The minimum absolute atomic E-state index is 0.156. The van der Waals surface area contributed by atoms with Crippen molar-refractivity contribution in [2.75, 3.05) is 12.4 Å². The van der Waals surface area contributed by atoms with Crippen molar-refractivity contribution in [2.45, 2.75) is 13.5 Å². The summed E-state index contributed by atoms with van der Waals surface area (Å²) in [7, 11) is 3.17. The van der Waals surface area contributed by atoms with Crippen LogP contribution >= 0.6 is 0 Å². The number of ether oxygens (including phenoxy) is 1. The number of aryl methyl sites for hydroxylation is 1. The number of carbonyl (C=O) groups is 2. The Balaban J connectivity index is 1.97. The van der Waals surface area contributed by atoms with Crippen LogP contribution in [-0.4, -0.2) is 23.7 Å². The maximum absolute atomic E-state index is 12.2. The molecule has 0 spiro atoms. The standard InChI is InChI=1S/C16H19N3O3/c1-11-4-9-14(19(11)2)15(20)18-13-7-5-12(6-8-13)10-17-16(21)22-3/h4-9H,10H2,1-3H3,(H,17,21)(H,18,20). The van der Waals surface area contributed by atoms with Crippen molar-refractivity contribution in [1.29, 1.82) is 0 Å². The second-order valence-corrected chi connectivity index (χ2v) is 4.92. The van der Waals surface area contributed by atoms with Gasteiger partial charge in [0.25, 0.3) is 5.91 Å². The summed E-state index contributed by atoms with van der Waals surface area (Å²) in [6.07, 6.45) is -0.476. The number of alkyl carbamates (subject to hydrolysis) is 1. The van der Waals surface area contributed by atoms with Gasteiger partial charge in [0.15, 0.2) is 0 Å². The van der Waals surface area contributed by atoms with Crippen molar-refractivity contribution in [1.82, 2.24) is 9.88 Å². The minimum atomic E-state index is -0.476. The van der Waals surface area contributed by atoms with Crippen molar-refractivity contribution in [3.63, 3.8) is 0 Å². The zero-order valence-corrected chi connectivity index (χ0v) is 12.8. The van der Waals surface area contributed by atoms with Gasteiger partial charge in [0.2, 0.25) is 0 Å². The Morgan fingerprint density at radius 3 is 2.36 bits per heavy atom. The molecule has 22 heavy (non-hydrogen) atoms. The summed E-state index contributed by atoms with van der Waals surface area (Å²) >= 11 is 0. The summed E-state index contributed by atoms with van der Waals surface area (Å²) in [6, 6.07) is 10.9. The highest BCUT2D eigenvalue weighted by atomic mass is 16.5. The van der Waals surface area contributed by atoms with E-state index in [9.17, 15) is 9.59 Å². The monoisotopic (exact) mass is 301 g/mol. The van der Waals surface area contributed by atoms with E-state index in [4.69, 9.17) is 0 Å². The Bertz CT molecular complexity index is 674. The highest BCUT2D eigenvalue weighted by Gasteiger charge is 2.11. The van der Waals surface area contributed by atoms with Gasteiger partial charge in [0.05, 0.1) is 7.11 Å². The van der Waals surface area contributed by atoms with E-state index in [1.807, 2.05) is 36.7 Å². The Labute approximate surface area is 129 Å². The Morgan fingerprint density at radius 1 is 1.14 bits per heavy atom. The number of benzene rings is 1. The molecule has 0 aliphatic rings. The Morgan fingerprint density at radius 2 is 1.82 bits per heavy atom. The number of methoxy groups -OCH3 is 1. The van der Waals surface area contributed by atoms with Crippen molar-refractivity contribution < 1.29 is 14.3 Å². The highest BCUT2D eigenvalue weighted by Crippen LogP contribution is 2.13. The molecule has 0 fully saturated rings. The number of carbonyl (C=O) groups excluding carboxylic acids is 2. The SMILES string of the molecule is COC(=O)NCc1ccc(NC(=O)c2ccc(C)n2C)cc1. The molecule has 0 saturated carbocycles. The van der Waals surface area contributed by atoms with Crippen molar-refractivity contribution in [3.05, 3.63) is 53.3 Å². The van der Waals surface area contributed by atoms with Gasteiger partial charge in [-0.15, -0.1) is 0 Å². The number of nitrogens with zero attached hydrogens (tertiary/aromatic N) is 1. The van der Waals surface area contributed by atoms with Gasteiger partial charge in [-0.25, -0.2) is 4.79 Å². The molecule has 6 nitrogen and oxygen atoms in total. The molecule has 1 heterocycles. The maximum atomic E-state index is 12.2. The van der Waals surface area contributed by atoms with E-state index >= 15 is 0 Å². The number of anilines is 1. The normalized spacial score (nSPS) is 10.1. The first-order chi connectivity index (χ1) is 10.5. The van der Waals surface area contributed by atoms with Gasteiger partial charge in [-0.2, -0.15) is 0 Å². The molecule has 2 aromatic rings. The first-order valence-corrected chi connectivity index (χ1v) is 6.85. The summed E-state index contributed by atoms with van der Waals surface area (Å²) in [5.41, 5.74) is 3.24. The molecule has 1 aromatic carbocycles. The fourth-order valence-electron chi connectivity index (χ4n) is 1.99. The number of hydrogen-bond acceptors (Lipinski definition) is 3. The van der Waals surface area contributed by atoms with Crippen LogP contribution < -0.4 is 10.6 Å². The van der Waals surface area contributed by atoms with Crippen molar-refractivity contribution in [2.24, 2.45) is 7.05 Å². The van der Waals surface area contributed by atoms with E-state index < -0.39 is 6.09 Å². The largest absolute Gasteiger partial charge is 0.453 e. The van der Waals surface area contributed by atoms with Gasteiger partial charge in [-0.3, -0.25) is 4.79 Å². The van der Waals surface area contributed by atoms with Crippen LogP contribution in [0.3, 0.4) is 0 Å². The van der Waals surface area contributed by atoms with Crippen molar-refractivity contribution >= 4 is 17.7 Å². The van der Waals surface area contributed by atoms with Gasteiger partial charge in [0, 0.05) is 25.0 Å². The molecular weight excluding hydrogens is 282 g/mol. The van der Waals surface area contributed by atoms with E-state index in [1.54, 1.807) is 18.2 Å². The fraction of sp³-hybridized carbons (Fsp3) is 0.250. The van der Waals surface area contributed by atoms with E-state index in [2.05, 4.69) is 15.4 Å². The summed E-state index contributed by atoms with van der Waals surface area (Å²) in [4.78, 5) is 23.2.